The van der Waals surface area contributed by atoms with E-state index in [1.165, 1.54) is 43.5 Å². The minimum absolute atomic E-state index is 0.0124. The molecule has 2 aromatic carbocycles. The fourth-order valence-electron chi connectivity index (χ4n) is 4.89. The zero-order valence-electron chi connectivity index (χ0n) is 19.8. The van der Waals surface area contributed by atoms with Gasteiger partial charge in [0.05, 0.1) is 38.6 Å². The summed E-state index contributed by atoms with van der Waals surface area (Å²) in [7, 11) is 2.55. The van der Waals surface area contributed by atoms with Gasteiger partial charge in [0.1, 0.15) is 23.1 Å². The summed E-state index contributed by atoms with van der Waals surface area (Å²) in [5.74, 6) is -2.37. The molecule has 1 aromatic heterocycles. The first kappa shape index (κ1) is 23.5. The summed E-state index contributed by atoms with van der Waals surface area (Å²) >= 11 is 6.04. The summed E-state index contributed by atoms with van der Waals surface area (Å²) in [6.45, 7) is 0.0124. The number of methoxy groups -OCH3 is 2. The largest absolute Gasteiger partial charge is 0.493 e. The monoisotopic (exact) mass is 528 g/mol. The average molecular weight is 529 g/mol. The topological polar surface area (TPSA) is 66.9 Å². The van der Waals surface area contributed by atoms with Gasteiger partial charge in [-0.2, -0.15) is 0 Å². The Balaban J connectivity index is 1.66. The lowest BCUT2D eigenvalue weighted by atomic mass is 10.0. The molecular weight excluding hydrogens is 509 g/mol. The molecule has 1 N–H and O–H groups in total. The Labute approximate surface area is 215 Å². The zero-order chi connectivity index (χ0) is 26.0. The van der Waals surface area contributed by atoms with Crippen LogP contribution in [0, 0.1) is 17.5 Å². The third kappa shape index (κ3) is 3.66. The predicted molar refractivity (Wildman–Crippen MR) is 132 cm³/mol. The fraction of sp³-hybridized carbons (Fsp3) is 0.231. The molecule has 0 radical (unpaired) electrons. The first-order valence-electron chi connectivity index (χ1n) is 11.5. The van der Waals surface area contributed by atoms with E-state index >= 15 is 13.2 Å². The molecule has 0 atom stereocenters. The number of hydrogen-bond acceptors (Lipinski definition) is 6. The standard InChI is InChI=1S/C26H20ClF3N4O3/c1-36-18-9-19(37-2)22(30)24(21(18)29)33-11-13-10-31-25-15(8-20(35)32-25)23(13)34(26(33)12-3-4-12)17-6-5-14(27)7-16(17)28/h5-7,9-10H,3-4,8,11H2,1-2H3,(H,31,32,35). The van der Waals surface area contributed by atoms with Gasteiger partial charge in [-0.25, -0.2) is 18.2 Å². The maximum atomic E-state index is 15.7. The maximum Gasteiger partial charge on any atom is 0.230 e. The van der Waals surface area contributed by atoms with Crippen LogP contribution in [0.4, 0.5) is 36.1 Å². The Morgan fingerprint density at radius 3 is 2.35 bits per heavy atom. The van der Waals surface area contributed by atoms with Gasteiger partial charge in [0.25, 0.3) is 0 Å². The summed E-state index contributed by atoms with van der Waals surface area (Å²) in [6, 6.07) is 5.35. The molecule has 0 unspecified atom stereocenters. The number of carbonyl (C=O) groups is 1. The quantitative estimate of drug-likeness (QED) is 0.460. The number of ether oxygens (including phenoxy) is 2. The summed E-state index contributed by atoms with van der Waals surface area (Å²) in [6.07, 6.45) is 2.87. The van der Waals surface area contributed by atoms with Crippen LogP contribution in [0.15, 0.2) is 41.9 Å². The highest BCUT2D eigenvalue weighted by molar-refractivity contribution is 6.30. The molecule has 1 aliphatic carbocycles. The molecule has 1 amide bonds. The van der Waals surface area contributed by atoms with E-state index in [0.717, 1.165) is 11.6 Å². The van der Waals surface area contributed by atoms with Crippen molar-refractivity contribution in [2.45, 2.75) is 25.8 Å². The third-order valence-corrected chi connectivity index (χ3v) is 6.86. The van der Waals surface area contributed by atoms with E-state index in [0.29, 0.717) is 41.3 Å². The second-order valence-electron chi connectivity index (χ2n) is 8.89. The molecule has 0 spiro atoms. The minimum atomic E-state index is -0.925. The lowest BCUT2D eigenvalue weighted by Gasteiger charge is -2.43. The lowest BCUT2D eigenvalue weighted by Crippen LogP contribution is -2.40. The number of allylic oxidation sites excluding steroid dienone is 1. The van der Waals surface area contributed by atoms with Crippen molar-refractivity contribution in [2.24, 2.45) is 0 Å². The highest BCUT2D eigenvalue weighted by Gasteiger charge is 2.42. The number of nitrogens with one attached hydrogen (secondary N) is 1. The molecule has 6 rings (SSSR count). The van der Waals surface area contributed by atoms with Gasteiger partial charge in [-0.3, -0.25) is 9.69 Å². The number of hydrogen-bond donors (Lipinski definition) is 1. The van der Waals surface area contributed by atoms with Crippen molar-refractivity contribution >= 4 is 40.4 Å². The Hall–Kier alpha value is -3.92. The smallest absolute Gasteiger partial charge is 0.230 e. The van der Waals surface area contributed by atoms with E-state index in [1.54, 1.807) is 4.90 Å². The number of halogens is 4. The van der Waals surface area contributed by atoms with Crippen molar-refractivity contribution in [1.82, 2.24) is 4.98 Å². The van der Waals surface area contributed by atoms with E-state index < -0.39 is 23.1 Å². The van der Waals surface area contributed by atoms with Crippen LogP contribution in [0.2, 0.25) is 5.02 Å². The van der Waals surface area contributed by atoms with Gasteiger partial charge in [0.2, 0.25) is 5.91 Å². The van der Waals surface area contributed by atoms with Gasteiger partial charge >= 0.3 is 0 Å². The molecule has 3 heterocycles. The SMILES string of the molecule is COc1cc(OC)c(F)c(N2Cc3cnc4c(c3N(c3ccc(Cl)cc3F)C2=C2CC2)CC(=O)N4)c1F. The van der Waals surface area contributed by atoms with E-state index in [-0.39, 0.29) is 41.1 Å². The predicted octanol–water partition coefficient (Wildman–Crippen LogP) is 5.83. The van der Waals surface area contributed by atoms with Gasteiger partial charge in [0.15, 0.2) is 23.1 Å². The Bertz CT molecular complexity index is 1490. The van der Waals surface area contributed by atoms with Crippen LogP contribution in [-0.2, 0) is 17.8 Å². The summed E-state index contributed by atoms with van der Waals surface area (Å²) in [4.78, 5) is 19.7. The molecular formula is C26H20ClF3N4O3. The minimum Gasteiger partial charge on any atom is -0.493 e. The second-order valence-corrected chi connectivity index (χ2v) is 9.32. The molecule has 1 saturated carbocycles. The van der Waals surface area contributed by atoms with Crippen LogP contribution in [0.1, 0.15) is 24.0 Å². The molecule has 2 aliphatic heterocycles. The number of carbonyl (C=O) groups excluding carboxylic acids is 1. The van der Waals surface area contributed by atoms with Crippen LogP contribution in [0.3, 0.4) is 0 Å². The molecule has 0 saturated heterocycles. The molecule has 11 heteroatoms. The van der Waals surface area contributed by atoms with Gasteiger partial charge in [-0.15, -0.1) is 0 Å². The van der Waals surface area contributed by atoms with Gasteiger partial charge in [-0.05, 0) is 36.6 Å². The summed E-state index contributed by atoms with van der Waals surface area (Å²) in [5, 5.41) is 2.92. The number of benzene rings is 2. The number of rotatable bonds is 4. The van der Waals surface area contributed by atoms with E-state index in [9.17, 15) is 4.79 Å². The van der Waals surface area contributed by atoms with Crippen LogP contribution >= 0.6 is 11.6 Å². The molecule has 190 valence electrons. The van der Waals surface area contributed by atoms with Crippen molar-refractivity contribution < 1.29 is 27.4 Å². The van der Waals surface area contributed by atoms with Gasteiger partial charge < -0.3 is 19.7 Å². The summed E-state index contributed by atoms with van der Waals surface area (Å²) < 4.78 is 57.3. The number of amides is 1. The third-order valence-electron chi connectivity index (χ3n) is 6.63. The molecule has 0 bridgehead atoms. The number of pyridine rings is 1. The van der Waals surface area contributed by atoms with Crippen LogP contribution < -0.4 is 24.6 Å². The average Bonchev–Trinajstić information content (AvgIpc) is 3.63. The molecule has 3 aliphatic rings. The number of anilines is 4. The first-order chi connectivity index (χ1) is 17.8. The van der Waals surface area contributed by atoms with E-state index in [4.69, 9.17) is 21.1 Å². The van der Waals surface area contributed by atoms with E-state index in [2.05, 4.69) is 10.3 Å². The van der Waals surface area contributed by atoms with Gasteiger partial charge in [-0.1, -0.05) is 11.6 Å². The van der Waals surface area contributed by atoms with Crippen molar-refractivity contribution in [3.63, 3.8) is 0 Å². The molecule has 37 heavy (non-hydrogen) atoms. The number of fused-ring (bicyclic) bond motifs is 3. The van der Waals surface area contributed by atoms with Crippen LogP contribution in [0.5, 0.6) is 11.5 Å². The number of nitrogens with zero attached hydrogens (tertiary/aromatic N) is 3. The number of aromatic nitrogens is 1. The van der Waals surface area contributed by atoms with Crippen molar-refractivity contribution in [2.75, 3.05) is 29.3 Å². The second kappa shape index (κ2) is 8.58. The first-order valence-corrected chi connectivity index (χ1v) is 11.9. The van der Waals surface area contributed by atoms with Gasteiger partial charge in [0, 0.05) is 28.4 Å². The molecule has 1 fully saturated rings. The molecule has 3 aromatic rings. The Morgan fingerprint density at radius 1 is 1.03 bits per heavy atom. The Kier molecular flexibility index (Phi) is 5.45. The van der Waals surface area contributed by atoms with Crippen LogP contribution in [-0.4, -0.2) is 25.1 Å². The molecule has 7 nitrogen and oxygen atoms in total. The zero-order valence-corrected chi connectivity index (χ0v) is 20.5. The summed E-state index contributed by atoms with van der Waals surface area (Å²) in [5.41, 5.74) is 2.27. The van der Waals surface area contributed by atoms with Crippen molar-refractivity contribution in [3.8, 4) is 11.5 Å². The fourth-order valence-corrected chi connectivity index (χ4v) is 5.05. The Morgan fingerprint density at radius 2 is 1.73 bits per heavy atom. The normalized spacial score (nSPS) is 16.0. The van der Waals surface area contributed by atoms with Crippen molar-refractivity contribution in [1.29, 1.82) is 0 Å². The lowest BCUT2D eigenvalue weighted by molar-refractivity contribution is -0.115. The van der Waals surface area contributed by atoms with Crippen LogP contribution in [0.25, 0.3) is 0 Å². The van der Waals surface area contributed by atoms with Crippen molar-refractivity contribution in [3.05, 3.63) is 75.5 Å². The van der Waals surface area contributed by atoms with E-state index in [1.807, 2.05) is 0 Å². The maximum absolute atomic E-state index is 15.7. The highest BCUT2D eigenvalue weighted by atomic mass is 35.5. The highest BCUT2D eigenvalue weighted by Crippen LogP contribution is 2.52.